The number of thioether (sulfide) groups is 1. The Morgan fingerprint density at radius 3 is 3.08 bits per heavy atom. The van der Waals surface area contributed by atoms with Crippen molar-refractivity contribution in [2.45, 2.75) is 29.4 Å². The number of allylic oxidation sites excluding steroid dienone is 1. The lowest BCUT2D eigenvalue weighted by molar-refractivity contribution is 0.0525. The number of carbonyl (C=O) groups is 1. The molecule has 1 aromatic carbocycles. The van der Waals surface area contributed by atoms with E-state index in [1.807, 2.05) is 17.8 Å². The molecule has 0 amide bonds. The Morgan fingerprint density at radius 2 is 2.24 bits per heavy atom. The van der Waals surface area contributed by atoms with Gasteiger partial charge in [-0.05, 0) is 31.1 Å². The minimum Gasteiger partial charge on any atom is -0.506 e. The van der Waals surface area contributed by atoms with Crippen LogP contribution < -0.4 is 0 Å². The van der Waals surface area contributed by atoms with E-state index in [0.29, 0.717) is 16.2 Å². The maximum Gasteiger partial charge on any atom is 0.345 e. The van der Waals surface area contributed by atoms with Crippen LogP contribution in [0.1, 0.15) is 35.2 Å². The molecule has 4 rings (SSSR count). The first-order valence-corrected chi connectivity index (χ1v) is 9.92. The van der Waals surface area contributed by atoms with E-state index in [9.17, 15) is 9.90 Å². The third kappa shape index (κ3) is 3.00. The van der Waals surface area contributed by atoms with Gasteiger partial charge in [-0.1, -0.05) is 24.3 Å². The summed E-state index contributed by atoms with van der Waals surface area (Å²) in [4.78, 5) is 18.1. The van der Waals surface area contributed by atoms with Crippen molar-refractivity contribution >= 4 is 39.8 Å². The highest BCUT2D eigenvalue weighted by atomic mass is 32.2. The molecule has 0 saturated heterocycles. The summed E-state index contributed by atoms with van der Waals surface area (Å²) in [7, 11) is 0. The molecule has 1 aliphatic carbocycles. The lowest BCUT2D eigenvalue weighted by atomic mass is 9.87. The fraction of sp³-hybridized carbons (Fsp3) is 0.263. The molecule has 0 spiro atoms. The van der Waals surface area contributed by atoms with Gasteiger partial charge in [-0.2, -0.15) is 0 Å². The smallest absolute Gasteiger partial charge is 0.345 e. The van der Waals surface area contributed by atoms with Crippen LogP contribution in [0.25, 0.3) is 0 Å². The normalized spacial score (nSPS) is 22.7. The molecule has 2 heterocycles. The van der Waals surface area contributed by atoms with Gasteiger partial charge in [0.05, 0.1) is 6.61 Å². The fourth-order valence-corrected chi connectivity index (χ4v) is 5.42. The summed E-state index contributed by atoms with van der Waals surface area (Å²) in [6, 6.07) is 8.50. The van der Waals surface area contributed by atoms with Crippen molar-refractivity contribution in [2.24, 2.45) is 4.99 Å². The van der Waals surface area contributed by atoms with E-state index in [1.54, 1.807) is 6.92 Å². The van der Waals surface area contributed by atoms with Crippen molar-refractivity contribution in [1.29, 1.82) is 0 Å². The number of hydrogen-bond acceptors (Lipinski definition) is 6. The third-order valence-corrected chi connectivity index (χ3v) is 6.61. The number of rotatable bonds is 3. The van der Waals surface area contributed by atoms with Gasteiger partial charge in [0, 0.05) is 27.2 Å². The van der Waals surface area contributed by atoms with Crippen molar-refractivity contribution < 1.29 is 14.6 Å². The molecule has 0 bridgehead atoms. The van der Waals surface area contributed by atoms with Crippen molar-refractivity contribution in [2.75, 3.05) is 6.61 Å². The highest BCUT2D eigenvalue weighted by molar-refractivity contribution is 8.00. The minimum absolute atomic E-state index is 0.0674. The van der Waals surface area contributed by atoms with E-state index in [-0.39, 0.29) is 17.9 Å². The Kier molecular flexibility index (Phi) is 4.39. The molecule has 0 saturated carbocycles. The Labute approximate surface area is 154 Å². The Balaban J connectivity index is 1.64. The number of fused-ring (bicyclic) bond motifs is 3. The van der Waals surface area contributed by atoms with Crippen molar-refractivity contribution in [1.82, 2.24) is 0 Å². The SMILES string of the molecule is CCOC(=O)c1c(O)csc1N=C1C=CC2Sc3ccccc3C2C1. The van der Waals surface area contributed by atoms with E-state index in [1.165, 1.54) is 27.2 Å². The first kappa shape index (κ1) is 16.4. The second kappa shape index (κ2) is 6.69. The maximum atomic E-state index is 12.1. The highest BCUT2D eigenvalue weighted by Crippen LogP contribution is 2.49. The van der Waals surface area contributed by atoms with Gasteiger partial charge in [0.2, 0.25) is 0 Å². The number of aromatic hydroxyl groups is 1. The highest BCUT2D eigenvalue weighted by Gasteiger charge is 2.34. The van der Waals surface area contributed by atoms with Crippen LogP contribution in [0.15, 0.2) is 51.7 Å². The third-order valence-electron chi connectivity index (χ3n) is 4.36. The minimum atomic E-state index is -0.528. The van der Waals surface area contributed by atoms with E-state index >= 15 is 0 Å². The van der Waals surface area contributed by atoms with E-state index < -0.39 is 5.97 Å². The molecular weight excluding hydrogens is 354 g/mol. The van der Waals surface area contributed by atoms with Crippen LogP contribution in [-0.4, -0.2) is 28.6 Å². The van der Waals surface area contributed by atoms with E-state index in [0.717, 1.165) is 12.1 Å². The van der Waals surface area contributed by atoms with Crippen molar-refractivity contribution in [3.05, 3.63) is 52.9 Å². The van der Waals surface area contributed by atoms with Crippen LogP contribution in [0.2, 0.25) is 0 Å². The summed E-state index contributed by atoms with van der Waals surface area (Å²) in [6.07, 6.45) is 5.05. The monoisotopic (exact) mass is 371 g/mol. The number of hydrogen-bond donors (Lipinski definition) is 1. The Morgan fingerprint density at radius 1 is 1.40 bits per heavy atom. The number of benzene rings is 1. The summed E-state index contributed by atoms with van der Waals surface area (Å²) < 4.78 is 5.03. The van der Waals surface area contributed by atoms with Crippen LogP contribution in [0.4, 0.5) is 5.00 Å². The van der Waals surface area contributed by atoms with Gasteiger partial charge in [-0.15, -0.1) is 23.1 Å². The van der Waals surface area contributed by atoms with Crippen LogP contribution in [0, 0.1) is 0 Å². The topological polar surface area (TPSA) is 58.9 Å². The van der Waals surface area contributed by atoms with Gasteiger partial charge in [0.15, 0.2) is 0 Å². The number of thiophene rings is 1. The quantitative estimate of drug-likeness (QED) is 0.778. The maximum absolute atomic E-state index is 12.1. The zero-order chi connectivity index (χ0) is 17.4. The first-order chi connectivity index (χ1) is 12.2. The second-order valence-electron chi connectivity index (χ2n) is 5.91. The van der Waals surface area contributed by atoms with Gasteiger partial charge in [-0.3, -0.25) is 0 Å². The lowest BCUT2D eigenvalue weighted by Crippen LogP contribution is -2.17. The molecule has 1 N–H and O–H groups in total. The Hall–Kier alpha value is -2.05. The second-order valence-corrected chi connectivity index (χ2v) is 7.99. The molecular formula is C19H17NO3S2. The molecule has 6 heteroatoms. The van der Waals surface area contributed by atoms with E-state index in [2.05, 4.69) is 35.3 Å². The molecule has 2 atom stereocenters. The molecule has 25 heavy (non-hydrogen) atoms. The van der Waals surface area contributed by atoms with Crippen LogP contribution >= 0.6 is 23.1 Å². The molecule has 0 fully saturated rings. The number of carbonyl (C=O) groups excluding carboxylic acids is 1. The van der Waals surface area contributed by atoms with Gasteiger partial charge in [0.25, 0.3) is 0 Å². The number of nitrogens with zero attached hydrogens (tertiary/aromatic N) is 1. The predicted molar refractivity (Wildman–Crippen MR) is 102 cm³/mol. The van der Waals surface area contributed by atoms with Gasteiger partial charge in [0.1, 0.15) is 16.3 Å². The number of ether oxygens (including phenoxy) is 1. The number of esters is 1. The number of aliphatic imine (C=N–C) groups is 1. The summed E-state index contributed by atoms with van der Waals surface area (Å²) in [5, 5.41) is 12.4. The average Bonchev–Trinajstić information content (AvgIpc) is 3.15. The van der Waals surface area contributed by atoms with Gasteiger partial charge >= 0.3 is 5.97 Å². The first-order valence-electron chi connectivity index (χ1n) is 8.16. The molecule has 0 radical (unpaired) electrons. The summed E-state index contributed by atoms with van der Waals surface area (Å²) >= 11 is 3.15. The summed E-state index contributed by atoms with van der Waals surface area (Å²) in [6.45, 7) is 2.01. The van der Waals surface area contributed by atoms with Crippen LogP contribution in [0.5, 0.6) is 5.75 Å². The fourth-order valence-electron chi connectivity index (χ4n) is 3.23. The van der Waals surface area contributed by atoms with E-state index in [4.69, 9.17) is 4.74 Å². The van der Waals surface area contributed by atoms with Gasteiger partial charge in [-0.25, -0.2) is 9.79 Å². The lowest BCUT2D eigenvalue weighted by Gasteiger charge is -2.21. The van der Waals surface area contributed by atoms with Crippen molar-refractivity contribution in [3.63, 3.8) is 0 Å². The molecule has 2 aliphatic rings. The van der Waals surface area contributed by atoms with Crippen molar-refractivity contribution in [3.8, 4) is 5.75 Å². The molecule has 4 nitrogen and oxygen atoms in total. The molecule has 128 valence electrons. The predicted octanol–water partition coefficient (Wildman–Crippen LogP) is 4.92. The largest absolute Gasteiger partial charge is 0.506 e. The average molecular weight is 371 g/mol. The van der Waals surface area contributed by atoms with Crippen LogP contribution in [0.3, 0.4) is 0 Å². The zero-order valence-electron chi connectivity index (χ0n) is 13.6. The molecule has 2 aromatic rings. The summed E-state index contributed by atoms with van der Waals surface area (Å²) in [5.74, 6) is -0.188. The summed E-state index contributed by atoms with van der Waals surface area (Å²) in [5.41, 5.74) is 2.45. The zero-order valence-corrected chi connectivity index (χ0v) is 15.3. The van der Waals surface area contributed by atoms with Crippen LogP contribution in [-0.2, 0) is 4.74 Å². The molecule has 1 aliphatic heterocycles. The Bertz CT molecular complexity index is 885. The molecule has 2 unspecified atom stereocenters. The van der Waals surface area contributed by atoms with Gasteiger partial charge < -0.3 is 9.84 Å². The molecule has 1 aromatic heterocycles. The standard InChI is InChI=1S/C19H17NO3S2/c1-2-23-19(22)17-14(21)10-24-18(17)20-11-7-8-16-13(9-11)12-5-3-4-6-15(12)25-16/h3-8,10,13,16,21H,2,9H2,1H3.